The number of nitrogens with zero attached hydrogens (tertiary/aromatic N) is 3. The normalized spacial score (nSPS) is 18.1. The zero-order valence-corrected chi connectivity index (χ0v) is 15.7. The summed E-state index contributed by atoms with van der Waals surface area (Å²) >= 11 is 0. The fourth-order valence-corrected chi connectivity index (χ4v) is 5.09. The Morgan fingerprint density at radius 1 is 1.00 bits per heavy atom. The van der Waals surface area contributed by atoms with Crippen LogP contribution in [0.5, 0.6) is 0 Å². The fraction of sp³-hybridized carbons (Fsp3) is 0.316. The van der Waals surface area contributed by atoms with Crippen LogP contribution in [0.3, 0.4) is 0 Å². The number of hydrogen-bond donors (Lipinski definition) is 0. The molecule has 0 aliphatic carbocycles. The highest BCUT2D eigenvalue weighted by atomic mass is 32.2. The molecule has 8 heteroatoms. The van der Waals surface area contributed by atoms with Gasteiger partial charge in [-0.05, 0) is 42.0 Å². The lowest BCUT2D eigenvalue weighted by molar-refractivity contribution is -0.117. The Labute approximate surface area is 157 Å². The zero-order valence-electron chi connectivity index (χ0n) is 14.9. The third-order valence-electron chi connectivity index (χ3n) is 5.18. The summed E-state index contributed by atoms with van der Waals surface area (Å²) in [6.45, 7) is 1.65. The molecule has 0 N–H and O–H groups in total. The smallest absolute Gasteiger partial charge is 0.243 e. The maximum absolute atomic E-state index is 13.4. The maximum Gasteiger partial charge on any atom is 0.243 e. The number of halogens is 1. The molecule has 6 nitrogen and oxygen atoms in total. The van der Waals surface area contributed by atoms with Gasteiger partial charge in [0.25, 0.3) is 0 Å². The predicted molar refractivity (Wildman–Crippen MR) is 101 cm³/mol. The second-order valence-electron chi connectivity index (χ2n) is 6.79. The highest BCUT2D eigenvalue weighted by Crippen LogP contribution is 2.31. The highest BCUT2D eigenvalue weighted by Gasteiger charge is 2.31. The number of likely N-dealkylation sites (N-methyl/N-ethyl adjacent to an activating group) is 1. The van der Waals surface area contributed by atoms with E-state index in [2.05, 4.69) is 0 Å². The largest absolute Gasteiger partial charge is 0.369 e. The molecule has 0 saturated carbocycles. The lowest BCUT2D eigenvalue weighted by Crippen LogP contribution is -2.48. The summed E-state index contributed by atoms with van der Waals surface area (Å²) in [4.78, 5) is 15.6. The van der Waals surface area contributed by atoms with Gasteiger partial charge in [0.1, 0.15) is 5.82 Å². The van der Waals surface area contributed by atoms with Crippen molar-refractivity contribution >= 4 is 27.3 Å². The second kappa shape index (κ2) is 6.61. The molecule has 0 aromatic heterocycles. The van der Waals surface area contributed by atoms with Crippen LogP contribution in [0.4, 0.5) is 15.8 Å². The van der Waals surface area contributed by atoms with Gasteiger partial charge in [0, 0.05) is 44.6 Å². The molecule has 2 aromatic rings. The first-order chi connectivity index (χ1) is 12.9. The minimum Gasteiger partial charge on any atom is -0.369 e. The van der Waals surface area contributed by atoms with E-state index < -0.39 is 10.0 Å². The van der Waals surface area contributed by atoms with Crippen LogP contribution in [0.25, 0.3) is 0 Å². The van der Waals surface area contributed by atoms with E-state index >= 15 is 0 Å². The van der Waals surface area contributed by atoms with E-state index in [9.17, 15) is 17.6 Å². The number of carbonyl (C=O) groups is 1. The van der Waals surface area contributed by atoms with Gasteiger partial charge in [-0.25, -0.2) is 12.8 Å². The van der Waals surface area contributed by atoms with Crippen molar-refractivity contribution in [1.82, 2.24) is 4.31 Å². The standard InChI is InChI=1S/C19H20FN3O3S/c1-21-18-6-5-17(11-14(18)12-19(21)24)27(25,26)23-9-7-22(8-10-23)16-4-2-3-15(20)13-16/h2-6,11,13H,7-10,12H2,1H3. The summed E-state index contributed by atoms with van der Waals surface area (Å²) in [6.07, 6.45) is 0.225. The molecule has 1 fully saturated rings. The molecule has 0 atom stereocenters. The van der Waals surface area contributed by atoms with Crippen molar-refractivity contribution in [3.63, 3.8) is 0 Å². The molecule has 2 aliphatic heterocycles. The van der Waals surface area contributed by atoms with E-state index in [1.165, 1.54) is 16.4 Å². The van der Waals surface area contributed by atoms with Crippen molar-refractivity contribution in [2.24, 2.45) is 0 Å². The maximum atomic E-state index is 13.4. The minimum atomic E-state index is -3.63. The Morgan fingerprint density at radius 3 is 2.44 bits per heavy atom. The molecule has 2 aliphatic rings. The summed E-state index contributed by atoms with van der Waals surface area (Å²) in [5, 5.41) is 0. The van der Waals surface area contributed by atoms with E-state index in [-0.39, 0.29) is 23.0 Å². The molecule has 142 valence electrons. The van der Waals surface area contributed by atoms with E-state index in [1.54, 1.807) is 36.2 Å². The summed E-state index contributed by atoms with van der Waals surface area (Å²) < 4.78 is 40.9. The number of anilines is 2. The number of carbonyl (C=O) groups excluding carboxylic acids is 1. The van der Waals surface area contributed by atoms with Gasteiger partial charge in [0.2, 0.25) is 15.9 Å². The van der Waals surface area contributed by atoms with Crippen LogP contribution < -0.4 is 9.80 Å². The van der Waals surface area contributed by atoms with Crippen molar-refractivity contribution in [2.75, 3.05) is 43.0 Å². The van der Waals surface area contributed by atoms with Crippen LogP contribution in [-0.2, 0) is 21.2 Å². The van der Waals surface area contributed by atoms with Crippen LogP contribution in [0.15, 0.2) is 47.4 Å². The molecule has 0 bridgehead atoms. The monoisotopic (exact) mass is 389 g/mol. The van der Waals surface area contributed by atoms with Gasteiger partial charge in [-0.2, -0.15) is 4.31 Å². The van der Waals surface area contributed by atoms with Crippen LogP contribution in [0.1, 0.15) is 5.56 Å². The number of amides is 1. The molecule has 2 aromatic carbocycles. The number of rotatable bonds is 3. The highest BCUT2D eigenvalue weighted by molar-refractivity contribution is 7.89. The quantitative estimate of drug-likeness (QED) is 0.804. The van der Waals surface area contributed by atoms with Gasteiger partial charge in [0.05, 0.1) is 11.3 Å². The van der Waals surface area contributed by atoms with E-state index in [4.69, 9.17) is 0 Å². The molecule has 0 radical (unpaired) electrons. The molecule has 2 heterocycles. The molecule has 1 amide bonds. The second-order valence-corrected chi connectivity index (χ2v) is 8.73. The number of benzene rings is 2. The van der Waals surface area contributed by atoms with E-state index in [0.717, 1.165) is 16.9 Å². The van der Waals surface area contributed by atoms with Gasteiger partial charge in [-0.1, -0.05) is 6.07 Å². The Bertz CT molecular complexity index is 1000. The summed E-state index contributed by atoms with van der Waals surface area (Å²) in [6, 6.07) is 11.2. The van der Waals surface area contributed by atoms with Crippen molar-refractivity contribution in [2.45, 2.75) is 11.3 Å². The SMILES string of the molecule is CN1C(=O)Cc2cc(S(=O)(=O)N3CCN(c4cccc(F)c4)CC3)ccc21. The zero-order chi connectivity index (χ0) is 19.2. The van der Waals surface area contributed by atoms with Crippen LogP contribution >= 0.6 is 0 Å². The topological polar surface area (TPSA) is 60.9 Å². The summed E-state index contributed by atoms with van der Waals surface area (Å²) in [7, 11) is -1.94. The van der Waals surface area contributed by atoms with E-state index in [1.807, 2.05) is 11.0 Å². The minimum absolute atomic E-state index is 0.0387. The average molecular weight is 389 g/mol. The molecule has 27 heavy (non-hydrogen) atoms. The van der Waals surface area contributed by atoms with Crippen LogP contribution in [0, 0.1) is 5.82 Å². The Morgan fingerprint density at radius 2 is 1.74 bits per heavy atom. The van der Waals surface area contributed by atoms with Gasteiger partial charge in [-0.15, -0.1) is 0 Å². The Hall–Kier alpha value is -2.45. The number of fused-ring (bicyclic) bond motifs is 1. The molecule has 0 unspecified atom stereocenters. The first-order valence-corrected chi connectivity index (χ1v) is 10.2. The van der Waals surface area contributed by atoms with Gasteiger partial charge in [-0.3, -0.25) is 4.79 Å². The Kier molecular flexibility index (Phi) is 4.39. The number of sulfonamides is 1. The fourth-order valence-electron chi connectivity index (χ4n) is 3.62. The van der Waals surface area contributed by atoms with Crippen molar-refractivity contribution in [1.29, 1.82) is 0 Å². The van der Waals surface area contributed by atoms with Gasteiger partial charge < -0.3 is 9.80 Å². The molecule has 4 rings (SSSR count). The van der Waals surface area contributed by atoms with Crippen LogP contribution in [0.2, 0.25) is 0 Å². The third kappa shape index (κ3) is 3.19. The van der Waals surface area contributed by atoms with Crippen molar-refractivity contribution in [3.05, 3.63) is 53.8 Å². The molecular formula is C19H20FN3O3S. The molecule has 1 saturated heterocycles. The van der Waals surface area contributed by atoms with Crippen LogP contribution in [-0.4, -0.2) is 51.9 Å². The molecular weight excluding hydrogens is 369 g/mol. The van der Waals surface area contributed by atoms with Gasteiger partial charge >= 0.3 is 0 Å². The average Bonchev–Trinajstić information content (AvgIpc) is 2.95. The molecule has 0 spiro atoms. The summed E-state index contributed by atoms with van der Waals surface area (Å²) in [5.41, 5.74) is 2.25. The number of piperazine rings is 1. The van der Waals surface area contributed by atoms with Gasteiger partial charge in [0.15, 0.2) is 0 Å². The summed E-state index contributed by atoms with van der Waals surface area (Å²) in [5.74, 6) is -0.344. The lowest BCUT2D eigenvalue weighted by atomic mass is 10.2. The van der Waals surface area contributed by atoms with Crippen molar-refractivity contribution in [3.8, 4) is 0 Å². The lowest BCUT2D eigenvalue weighted by Gasteiger charge is -2.35. The third-order valence-corrected chi connectivity index (χ3v) is 7.07. The van der Waals surface area contributed by atoms with Crippen molar-refractivity contribution < 1.29 is 17.6 Å². The first-order valence-electron chi connectivity index (χ1n) is 8.76. The number of hydrogen-bond acceptors (Lipinski definition) is 4. The van der Waals surface area contributed by atoms with E-state index in [0.29, 0.717) is 26.2 Å². The predicted octanol–water partition coefficient (Wildman–Crippen LogP) is 1.86. The Balaban J connectivity index is 1.51. The first kappa shape index (κ1) is 17.9.